The fraction of sp³-hybridized carbons (Fsp3) is 0.192. The number of nitrogens with zero attached hydrogens (tertiary/aromatic N) is 1. The summed E-state index contributed by atoms with van der Waals surface area (Å²) in [4.78, 5) is 13.3. The number of anilines is 1. The van der Waals surface area contributed by atoms with Crippen LogP contribution in [0.4, 0.5) is 5.69 Å². The van der Waals surface area contributed by atoms with Crippen molar-refractivity contribution in [3.05, 3.63) is 108 Å². The van der Waals surface area contributed by atoms with Crippen molar-refractivity contribution < 1.29 is 17.8 Å². The Hall–Kier alpha value is -3.22. The molecule has 0 atom stereocenters. The lowest BCUT2D eigenvalue weighted by molar-refractivity contribution is -0.116. The van der Waals surface area contributed by atoms with Gasteiger partial charge in [0.05, 0.1) is 4.90 Å². The zero-order valence-electron chi connectivity index (χ0n) is 18.8. The summed E-state index contributed by atoms with van der Waals surface area (Å²) in [5.74, 6) is -0.0889. The minimum absolute atomic E-state index is 0.0889. The van der Waals surface area contributed by atoms with Gasteiger partial charge in [-0.2, -0.15) is 8.42 Å². The molecule has 0 saturated heterocycles. The van der Waals surface area contributed by atoms with E-state index in [1.165, 1.54) is 19.1 Å². The van der Waals surface area contributed by atoms with Gasteiger partial charge in [-0.25, -0.2) is 0 Å². The van der Waals surface area contributed by atoms with E-state index in [-0.39, 0.29) is 10.8 Å². The summed E-state index contributed by atoms with van der Waals surface area (Å²) in [6, 6.07) is 13.9. The molecule has 0 unspecified atom stereocenters. The number of para-hydroxylation sites is 1. The molecule has 0 saturated carbocycles. The molecule has 0 aliphatic rings. The molecule has 2 aromatic rings. The normalized spacial score (nSPS) is 12.7. The number of carbonyl (C=O) groups excluding carboxylic acids is 1. The molecule has 5 nitrogen and oxygen atoms in total. The average molecular weight is 452 g/mol. The molecule has 2 rings (SSSR count). The molecular weight excluding hydrogens is 422 g/mol. The maximum atomic E-state index is 11.9. The largest absolute Gasteiger partial charge is 0.294 e. The SMILES string of the molecule is C=C(/C=C/C=C/C=C/N(C(C)=O)c1ccccc1)C(C)(C)c1cc(S(=O)(=O)O)ccc1C. The summed E-state index contributed by atoms with van der Waals surface area (Å²) in [6.45, 7) is 11.4. The Balaban J connectivity index is 2.13. The van der Waals surface area contributed by atoms with Gasteiger partial charge in [0.25, 0.3) is 10.1 Å². The summed E-state index contributed by atoms with van der Waals surface area (Å²) in [5, 5.41) is 0. The van der Waals surface area contributed by atoms with Gasteiger partial charge in [-0.05, 0) is 54.0 Å². The molecule has 0 radical (unpaired) electrons. The molecule has 0 spiro atoms. The highest BCUT2D eigenvalue weighted by Crippen LogP contribution is 2.34. The lowest BCUT2D eigenvalue weighted by Gasteiger charge is -2.28. The lowest BCUT2D eigenvalue weighted by Crippen LogP contribution is -2.21. The second-order valence-corrected chi connectivity index (χ2v) is 9.33. The average Bonchev–Trinajstić information content (AvgIpc) is 2.72. The summed E-state index contributed by atoms with van der Waals surface area (Å²) in [7, 11) is -4.28. The summed E-state index contributed by atoms with van der Waals surface area (Å²) in [6.07, 6.45) is 10.8. The Morgan fingerprint density at radius 3 is 2.25 bits per heavy atom. The molecule has 1 N–H and O–H groups in total. The Morgan fingerprint density at radius 2 is 1.66 bits per heavy atom. The third kappa shape index (κ3) is 6.39. The van der Waals surface area contributed by atoms with Crippen LogP contribution >= 0.6 is 0 Å². The van der Waals surface area contributed by atoms with Gasteiger partial charge in [-0.1, -0.05) is 69.0 Å². The van der Waals surface area contributed by atoms with Crippen molar-refractivity contribution in [2.45, 2.75) is 38.0 Å². The highest BCUT2D eigenvalue weighted by molar-refractivity contribution is 7.85. The van der Waals surface area contributed by atoms with E-state index in [4.69, 9.17) is 0 Å². The Kier molecular flexibility index (Phi) is 8.14. The van der Waals surface area contributed by atoms with Crippen LogP contribution in [0.1, 0.15) is 31.9 Å². The van der Waals surface area contributed by atoms with Crippen molar-refractivity contribution in [3.8, 4) is 0 Å². The second kappa shape index (κ2) is 10.4. The number of hydrogen-bond acceptors (Lipinski definition) is 3. The van der Waals surface area contributed by atoms with Gasteiger partial charge < -0.3 is 0 Å². The molecule has 0 aliphatic heterocycles. The highest BCUT2D eigenvalue weighted by Gasteiger charge is 2.26. The first-order valence-electron chi connectivity index (χ1n) is 10.1. The first kappa shape index (κ1) is 25.0. The van der Waals surface area contributed by atoms with Crippen molar-refractivity contribution in [1.82, 2.24) is 0 Å². The maximum Gasteiger partial charge on any atom is 0.294 e. The Morgan fingerprint density at radius 1 is 1.03 bits per heavy atom. The van der Waals surface area contributed by atoms with Crippen molar-refractivity contribution in [3.63, 3.8) is 0 Å². The van der Waals surface area contributed by atoms with Crippen LogP contribution in [0.25, 0.3) is 0 Å². The molecule has 0 aliphatic carbocycles. The van der Waals surface area contributed by atoms with Gasteiger partial charge >= 0.3 is 0 Å². The van der Waals surface area contributed by atoms with Crippen LogP contribution in [0.5, 0.6) is 0 Å². The van der Waals surface area contributed by atoms with Crippen LogP contribution in [0, 0.1) is 6.92 Å². The van der Waals surface area contributed by atoms with Crippen LogP contribution in [0.3, 0.4) is 0 Å². The van der Waals surface area contributed by atoms with E-state index in [9.17, 15) is 17.8 Å². The molecular formula is C26H29NO4S. The van der Waals surface area contributed by atoms with Crippen LogP contribution in [-0.4, -0.2) is 18.9 Å². The van der Waals surface area contributed by atoms with E-state index in [0.717, 1.165) is 22.4 Å². The summed E-state index contributed by atoms with van der Waals surface area (Å²) in [5.41, 5.74) is 2.69. The number of benzene rings is 2. The van der Waals surface area contributed by atoms with E-state index < -0.39 is 15.5 Å². The summed E-state index contributed by atoms with van der Waals surface area (Å²) < 4.78 is 32.4. The van der Waals surface area contributed by atoms with Crippen molar-refractivity contribution in [1.29, 1.82) is 0 Å². The molecule has 1 amide bonds. The van der Waals surface area contributed by atoms with E-state index in [0.29, 0.717) is 0 Å². The van der Waals surface area contributed by atoms with Gasteiger partial charge in [0.1, 0.15) is 0 Å². The highest BCUT2D eigenvalue weighted by atomic mass is 32.2. The predicted octanol–water partition coefficient (Wildman–Crippen LogP) is 5.75. The number of carbonyl (C=O) groups is 1. The van der Waals surface area contributed by atoms with E-state index in [1.807, 2.05) is 69.3 Å². The number of allylic oxidation sites excluding steroid dienone is 6. The predicted molar refractivity (Wildman–Crippen MR) is 130 cm³/mol. The number of hydrogen-bond donors (Lipinski definition) is 1. The standard InChI is InChI=1S/C26H29NO4S/c1-20-16-17-24(32(29,30)31)19-25(20)26(4,5)21(2)13-9-6-7-12-18-27(22(3)28)23-14-10-8-11-15-23/h6-19H,2H2,1,3-5H3,(H,29,30,31)/b7-6+,13-9+,18-12+. The first-order valence-corrected chi connectivity index (χ1v) is 11.5. The fourth-order valence-electron chi connectivity index (χ4n) is 3.21. The van der Waals surface area contributed by atoms with Crippen molar-refractivity contribution in [2.75, 3.05) is 4.90 Å². The van der Waals surface area contributed by atoms with Gasteiger partial charge in [-0.15, -0.1) is 0 Å². The molecule has 0 bridgehead atoms. The van der Waals surface area contributed by atoms with Gasteiger partial charge in [0.2, 0.25) is 5.91 Å². The molecule has 168 valence electrons. The van der Waals surface area contributed by atoms with Crippen molar-refractivity contribution >= 4 is 21.7 Å². The Labute approximate surface area is 190 Å². The van der Waals surface area contributed by atoms with Gasteiger partial charge in [-0.3, -0.25) is 14.2 Å². The molecule has 0 fully saturated rings. The van der Waals surface area contributed by atoms with Crippen LogP contribution < -0.4 is 4.90 Å². The number of aryl methyl sites for hydroxylation is 1. The van der Waals surface area contributed by atoms with Crippen molar-refractivity contribution in [2.24, 2.45) is 0 Å². The quantitative estimate of drug-likeness (QED) is 0.409. The number of amides is 1. The number of rotatable bonds is 8. The van der Waals surface area contributed by atoms with Crippen LogP contribution in [-0.2, 0) is 20.3 Å². The van der Waals surface area contributed by atoms with Crippen LogP contribution in [0.2, 0.25) is 0 Å². The molecule has 2 aromatic carbocycles. The zero-order chi connectivity index (χ0) is 23.9. The third-order valence-electron chi connectivity index (χ3n) is 5.22. The monoisotopic (exact) mass is 451 g/mol. The maximum absolute atomic E-state index is 11.9. The lowest BCUT2D eigenvalue weighted by atomic mass is 9.76. The third-order valence-corrected chi connectivity index (χ3v) is 6.07. The Bertz CT molecular complexity index is 1170. The molecule has 6 heteroatoms. The van der Waals surface area contributed by atoms with E-state index in [2.05, 4.69) is 6.58 Å². The zero-order valence-corrected chi connectivity index (χ0v) is 19.6. The van der Waals surface area contributed by atoms with Gasteiger partial charge in [0.15, 0.2) is 0 Å². The molecule has 0 heterocycles. The van der Waals surface area contributed by atoms with E-state index >= 15 is 0 Å². The topological polar surface area (TPSA) is 74.7 Å². The second-order valence-electron chi connectivity index (χ2n) is 7.91. The smallest absolute Gasteiger partial charge is 0.288 e. The van der Waals surface area contributed by atoms with Crippen LogP contribution in [0.15, 0.2) is 102 Å². The summed E-state index contributed by atoms with van der Waals surface area (Å²) >= 11 is 0. The minimum Gasteiger partial charge on any atom is -0.288 e. The first-order chi connectivity index (χ1) is 14.9. The fourth-order valence-corrected chi connectivity index (χ4v) is 3.72. The molecule has 0 aromatic heterocycles. The minimum atomic E-state index is -4.28. The molecule has 32 heavy (non-hydrogen) atoms. The van der Waals surface area contributed by atoms with E-state index in [1.54, 1.807) is 29.3 Å². The van der Waals surface area contributed by atoms with Gasteiger partial charge in [0, 0.05) is 24.2 Å².